The Balaban J connectivity index is 4.86. The van der Waals surface area contributed by atoms with Gasteiger partial charge in [0.1, 0.15) is 12.2 Å². The fraction of sp³-hybridized carbons (Fsp3) is 1.00. The van der Waals surface area contributed by atoms with Crippen LogP contribution in [0.5, 0.6) is 0 Å². The van der Waals surface area contributed by atoms with E-state index in [0.29, 0.717) is 12.5 Å². The van der Waals surface area contributed by atoms with Gasteiger partial charge < -0.3 is 10.2 Å². The van der Waals surface area contributed by atoms with Crippen LogP contribution in [0.25, 0.3) is 0 Å². The zero-order chi connectivity index (χ0) is 17.7. The van der Waals surface area contributed by atoms with E-state index in [9.17, 15) is 31.6 Å². The Morgan fingerprint density at radius 2 is 1.09 bits per heavy atom. The molecule has 0 aromatic heterocycles. The Morgan fingerprint density at radius 3 is 1.27 bits per heavy atom. The van der Waals surface area contributed by atoms with Crippen molar-refractivity contribution < 1.29 is 49.0 Å². The molecular weight excluding hydrogens is 367 g/mol. The molecule has 0 aliphatic rings. The largest absolute Gasteiger partial charge is 0.703 e. The van der Waals surface area contributed by atoms with Crippen LogP contribution >= 0.6 is 8.25 Å². The number of hydrogen-bond donors (Lipinski definition) is 2. The highest BCUT2D eigenvalue weighted by molar-refractivity contribution is 7.86. The number of rotatable bonds is 10. The second-order valence-electron chi connectivity index (χ2n) is 4.25. The quantitative estimate of drug-likeness (QED) is 0.270. The van der Waals surface area contributed by atoms with Gasteiger partial charge >= 0.3 is 8.25 Å². The van der Waals surface area contributed by atoms with Crippen molar-refractivity contribution in [3.05, 3.63) is 0 Å². The summed E-state index contributed by atoms with van der Waals surface area (Å²) in [7, 11) is -11.2. The predicted octanol–water partition coefficient (Wildman–Crippen LogP) is -0.957. The van der Waals surface area contributed by atoms with Gasteiger partial charge in [-0.2, -0.15) is 16.8 Å². The lowest BCUT2D eigenvalue weighted by Crippen LogP contribution is -2.32. The molecule has 0 amide bonds. The van der Waals surface area contributed by atoms with Gasteiger partial charge in [0.2, 0.25) is 0 Å². The second-order valence-corrected chi connectivity index (χ2v) is 8.32. The Kier molecular flexibility index (Phi) is 8.47. The maximum Gasteiger partial charge on any atom is 0.703 e. The highest BCUT2D eigenvalue weighted by Crippen LogP contribution is 2.31. The van der Waals surface area contributed by atoms with E-state index in [1.165, 1.54) is 0 Å². The first-order chi connectivity index (χ1) is 9.71. The van der Waals surface area contributed by atoms with Crippen molar-refractivity contribution in [3.63, 3.8) is 0 Å². The topological polar surface area (TPSA) is 163 Å². The summed E-state index contributed by atoms with van der Waals surface area (Å²) in [5.74, 6) is 0. The molecule has 0 aromatic carbocycles. The van der Waals surface area contributed by atoms with Gasteiger partial charge in [0.15, 0.2) is 0 Å². The Labute approximate surface area is 129 Å². The Hall–Kier alpha value is -0.240. The molecule has 132 valence electrons. The van der Waals surface area contributed by atoms with Gasteiger partial charge in [0, 0.05) is 4.57 Å². The van der Waals surface area contributed by atoms with Crippen LogP contribution in [0.2, 0.25) is 0 Å². The zero-order valence-corrected chi connectivity index (χ0v) is 14.7. The molecule has 0 radical (unpaired) electrons. The van der Waals surface area contributed by atoms with E-state index in [-0.39, 0.29) is 0 Å². The number of hydrogen-bond acceptors (Lipinski definition) is 11. The van der Waals surface area contributed by atoms with Gasteiger partial charge in [-0.3, -0.25) is 0 Å². The molecule has 0 aromatic rings. The van der Waals surface area contributed by atoms with Crippen molar-refractivity contribution in [2.45, 2.75) is 38.6 Å². The molecule has 0 saturated heterocycles. The average Bonchev–Trinajstić information content (AvgIpc) is 2.22. The van der Waals surface area contributed by atoms with Crippen molar-refractivity contribution in [1.82, 2.24) is 0 Å². The molecule has 0 aliphatic heterocycles. The zero-order valence-electron chi connectivity index (χ0n) is 12.1. The lowest BCUT2D eigenvalue weighted by molar-refractivity contribution is -0.106. The van der Waals surface area contributed by atoms with Crippen molar-refractivity contribution >= 4 is 28.5 Å². The van der Waals surface area contributed by atoms with Crippen LogP contribution in [-0.4, -0.2) is 64.3 Å². The third-order valence-electron chi connectivity index (χ3n) is 1.71. The fourth-order valence-electron chi connectivity index (χ4n) is 0.911. The lowest BCUT2D eigenvalue weighted by Gasteiger charge is -2.15. The summed E-state index contributed by atoms with van der Waals surface area (Å²) < 4.78 is 73.1. The first kappa shape index (κ1) is 21.8. The summed E-state index contributed by atoms with van der Waals surface area (Å²) in [6, 6.07) is 0. The molecular formula is C8H18O11PS2+. The molecule has 11 nitrogen and oxygen atoms in total. The first-order valence-corrected chi connectivity index (χ1v) is 10.4. The molecule has 0 fully saturated rings. The van der Waals surface area contributed by atoms with E-state index in [1.54, 1.807) is 0 Å². The molecule has 0 spiro atoms. The molecule has 0 aliphatic carbocycles. The average molecular weight is 385 g/mol. The SMILES string of the molecule is C[C@H](O)[C@@H](O[P+](=O)O[C@@H](OS(C)(=O)=O)[C@H](C)O)OS(C)(=O)=O. The Morgan fingerprint density at radius 1 is 0.818 bits per heavy atom. The lowest BCUT2D eigenvalue weighted by atomic mass is 10.4. The summed E-state index contributed by atoms with van der Waals surface area (Å²) in [5.41, 5.74) is 0. The highest BCUT2D eigenvalue weighted by Gasteiger charge is 2.39. The molecule has 22 heavy (non-hydrogen) atoms. The van der Waals surface area contributed by atoms with Gasteiger partial charge in [-0.25, -0.2) is 8.37 Å². The summed E-state index contributed by atoms with van der Waals surface area (Å²) in [5, 5.41) is 18.6. The monoisotopic (exact) mass is 385 g/mol. The minimum absolute atomic E-state index is 0.672. The van der Waals surface area contributed by atoms with Crippen molar-refractivity contribution in [2.24, 2.45) is 0 Å². The minimum atomic E-state index is -4.03. The van der Waals surface area contributed by atoms with E-state index < -0.39 is 53.3 Å². The van der Waals surface area contributed by atoms with Crippen molar-refractivity contribution in [1.29, 1.82) is 0 Å². The third-order valence-corrected chi connectivity index (χ3v) is 3.55. The molecule has 4 atom stereocenters. The minimum Gasteiger partial charge on any atom is -0.388 e. The van der Waals surface area contributed by atoms with E-state index in [0.717, 1.165) is 13.8 Å². The highest BCUT2D eigenvalue weighted by atomic mass is 32.2. The van der Waals surface area contributed by atoms with Gasteiger partial charge in [-0.05, 0) is 13.8 Å². The van der Waals surface area contributed by atoms with Crippen molar-refractivity contribution in [3.8, 4) is 0 Å². The van der Waals surface area contributed by atoms with Crippen LogP contribution < -0.4 is 0 Å². The third kappa shape index (κ3) is 10.5. The van der Waals surface area contributed by atoms with Crippen LogP contribution in [0.3, 0.4) is 0 Å². The first-order valence-electron chi connectivity index (χ1n) is 5.64. The standard InChI is InChI=1S/C8H18O11PS2/c1-5(9)7(18-21(3,12)13)16-20(11)17-8(6(2)10)19-22(4,14)15/h5-10H,1-4H3/q+1/t5-,6-,7-,8-/m0/s1. The maximum atomic E-state index is 11.6. The smallest absolute Gasteiger partial charge is 0.388 e. The Bertz CT molecular complexity index is 517. The molecule has 0 bridgehead atoms. The molecule has 0 unspecified atom stereocenters. The van der Waals surface area contributed by atoms with Crippen molar-refractivity contribution in [2.75, 3.05) is 12.5 Å². The van der Waals surface area contributed by atoms with Gasteiger partial charge in [-0.15, -0.1) is 0 Å². The fourth-order valence-corrected chi connectivity index (χ4v) is 2.94. The van der Waals surface area contributed by atoms with E-state index in [2.05, 4.69) is 17.4 Å². The molecule has 2 N–H and O–H groups in total. The van der Waals surface area contributed by atoms with Gasteiger partial charge in [-0.1, -0.05) is 9.05 Å². The summed E-state index contributed by atoms with van der Waals surface area (Å²) in [6.07, 6.45) is -5.37. The van der Waals surface area contributed by atoms with Gasteiger partial charge in [0.05, 0.1) is 12.5 Å². The molecule has 14 heteroatoms. The van der Waals surface area contributed by atoms with Crippen LogP contribution in [0.4, 0.5) is 0 Å². The summed E-state index contributed by atoms with van der Waals surface area (Å²) >= 11 is 0. The van der Waals surface area contributed by atoms with Crippen LogP contribution in [-0.2, 0) is 42.2 Å². The second kappa shape index (κ2) is 8.57. The van der Waals surface area contributed by atoms with E-state index in [1.807, 2.05) is 0 Å². The molecule has 0 rings (SSSR count). The normalized spacial score (nSPS) is 18.5. The number of aliphatic hydroxyl groups excluding tert-OH is 2. The van der Waals surface area contributed by atoms with E-state index in [4.69, 9.17) is 0 Å². The summed E-state index contributed by atoms with van der Waals surface area (Å²) in [4.78, 5) is 0. The number of aliphatic hydroxyl groups is 2. The van der Waals surface area contributed by atoms with Crippen LogP contribution in [0.15, 0.2) is 0 Å². The van der Waals surface area contributed by atoms with Crippen LogP contribution in [0, 0.1) is 0 Å². The van der Waals surface area contributed by atoms with Crippen LogP contribution in [0.1, 0.15) is 13.8 Å². The van der Waals surface area contributed by atoms with Gasteiger partial charge in [0.25, 0.3) is 32.8 Å². The maximum absolute atomic E-state index is 11.6. The molecule has 0 heterocycles. The molecule has 0 saturated carbocycles. The predicted molar refractivity (Wildman–Crippen MR) is 72.6 cm³/mol. The van der Waals surface area contributed by atoms with E-state index >= 15 is 0 Å². The summed E-state index contributed by atoms with van der Waals surface area (Å²) in [6.45, 7) is 2.19.